The molecular formula is C14H10FNO5. The lowest BCUT2D eigenvalue weighted by molar-refractivity contribution is -0.385. The van der Waals surface area contributed by atoms with Crippen LogP contribution in [0.2, 0.25) is 0 Å². The molecule has 0 amide bonds. The van der Waals surface area contributed by atoms with Crippen molar-refractivity contribution >= 4 is 11.7 Å². The van der Waals surface area contributed by atoms with Crippen molar-refractivity contribution in [1.29, 1.82) is 0 Å². The first kappa shape index (κ1) is 14.4. The summed E-state index contributed by atoms with van der Waals surface area (Å²) < 4.78 is 18.9. The van der Waals surface area contributed by atoms with Crippen molar-refractivity contribution in [3.05, 3.63) is 63.5 Å². The van der Waals surface area contributed by atoms with Gasteiger partial charge >= 0.3 is 11.7 Å². The number of nitro groups is 1. The number of nitrogens with zero attached hydrogens (tertiary/aromatic N) is 1. The highest BCUT2D eigenvalue weighted by atomic mass is 19.1. The molecule has 0 fully saturated rings. The Morgan fingerprint density at radius 1 is 1.33 bits per heavy atom. The molecule has 7 heteroatoms. The number of carbonyl (C=O) groups is 1. The molecule has 0 saturated heterocycles. The molecule has 2 rings (SSSR count). The van der Waals surface area contributed by atoms with E-state index in [4.69, 9.17) is 9.84 Å². The van der Waals surface area contributed by atoms with Crippen LogP contribution in [0.5, 0.6) is 11.5 Å². The van der Waals surface area contributed by atoms with E-state index in [0.717, 1.165) is 12.1 Å². The summed E-state index contributed by atoms with van der Waals surface area (Å²) in [4.78, 5) is 21.0. The summed E-state index contributed by atoms with van der Waals surface area (Å²) in [5.74, 6) is -2.37. The molecule has 108 valence electrons. The quantitative estimate of drug-likeness (QED) is 0.687. The second-order valence-electron chi connectivity index (χ2n) is 4.23. The van der Waals surface area contributed by atoms with Crippen LogP contribution in [0.3, 0.4) is 0 Å². The number of aromatic carboxylic acids is 1. The highest BCUT2D eigenvalue weighted by Crippen LogP contribution is 2.34. The van der Waals surface area contributed by atoms with Crippen LogP contribution in [0.25, 0.3) is 0 Å². The summed E-state index contributed by atoms with van der Waals surface area (Å²) >= 11 is 0. The van der Waals surface area contributed by atoms with Crippen LogP contribution in [0.4, 0.5) is 10.1 Å². The Hall–Kier alpha value is -2.96. The molecule has 0 radical (unpaired) electrons. The molecule has 6 nitrogen and oxygen atoms in total. The Morgan fingerprint density at radius 3 is 2.62 bits per heavy atom. The first-order valence-electron chi connectivity index (χ1n) is 5.85. The van der Waals surface area contributed by atoms with Gasteiger partial charge < -0.3 is 9.84 Å². The smallest absolute Gasteiger partial charge is 0.335 e. The van der Waals surface area contributed by atoms with Gasteiger partial charge in [0.25, 0.3) is 0 Å². The van der Waals surface area contributed by atoms with Gasteiger partial charge in [0.2, 0.25) is 5.75 Å². The molecule has 0 unspecified atom stereocenters. The number of para-hydroxylation sites is 1. The molecule has 0 aliphatic rings. The van der Waals surface area contributed by atoms with Crippen LogP contribution in [0.15, 0.2) is 36.4 Å². The lowest BCUT2D eigenvalue weighted by atomic mass is 10.1. The van der Waals surface area contributed by atoms with Gasteiger partial charge in [0, 0.05) is 6.07 Å². The topological polar surface area (TPSA) is 89.7 Å². The van der Waals surface area contributed by atoms with Crippen LogP contribution in [-0.2, 0) is 0 Å². The van der Waals surface area contributed by atoms with Gasteiger partial charge in [-0.3, -0.25) is 10.1 Å². The third-order valence-electron chi connectivity index (χ3n) is 2.79. The molecule has 2 aromatic rings. The van der Waals surface area contributed by atoms with E-state index in [0.29, 0.717) is 5.56 Å². The van der Waals surface area contributed by atoms with Crippen molar-refractivity contribution in [3.8, 4) is 11.5 Å². The van der Waals surface area contributed by atoms with Gasteiger partial charge in [-0.1, -0.05) is 6.07 Å². The zero-order chi connectivity index (χ0) is 15.6. The number of carboxylic acids is 1. The molecule has 0 aromatic heterocycles. The average Bonchev–Trinajstić information content (AvgIpc) is 2.40. The van der Waals surface area contributed by atoms with Crippen LogP contribution in [-0.4, -0.2) is 16.0 Å². The Balaban J connectivity index is 2.41. The number of hydrogen-bond acceptors (Lipinski definition) is 4. The SMILES string of the molecule is Cc1cc(Oc2c(F)cccc2[N+](=O)[O-])ccc1C(=O)O. The maximum Gasteiger partial charge on any atom is 0.335 e. The van der Waals surface area contributed by atoms with E-state index in [1.165, 1.54) is 24.3 Å². The maximum absolute atomic E-state index is 13.7. The first-order chi connectivity index (χ1) is 9.90. The van der Waals surface area contributed by atoms with Crippen molar-refractivity contribution in [2.75, 3.05) is 0 Å². The molecule has 1 N–H and O–H groups in total. The van der Waals surface area contributed by atoms with E-state index in [1.807, 2.05) is 0 Å². The first-order valence-corrected chi connectivity index (χ1v) is 5.85. The summed E-state index contributed by atoms with van der Waals surface area (Å²) in [7, 11) is 0. The Morgan fingerprint density at radius 2 is 2.05 bits per heavy atom. The molecule has 0 atom stereocenters. The number of nitro benzene ring substituents is 1. The number of hydrogen-bond donors (Lipinski definition) is 1. The fourth-order valence-electron chi connectivity index (χ4n) is 1.80. The molecule has 0 spiro atoms. The van der Waals surface area contributed by atoms with Gasteiger partial charge in [0.05, 0.1) is 10.5 Å². The zero-order valence-corrected chi connectivity index (χ0v) is 10.9. The fraction of sp³-hybridized carbons (Fsp3) is 0.0714. The number of aryl methyl sites for hydroxylation is 1. The molecule has 0 bridgehead atoms. The summed E-state index contributed by atoms with van der Waals surface area (Å²) in [6, 6.07) is 7.35. The second kappa shape index (κ2) is 5.58. The minimum absolute atomic E-state index is 0.0744. The number of rotatable bonds is 4. The largest absolute Gasteiger partial charge is 0.478 e. The third kappa shape index (κ3) is 2.97. The van der Waals surface area contributed by atoms with Gasteiger partial charge in [0.1, 0.15) is 5.75 Å². The van der Waals surface area contributed by atoms with E-state index in [9.17, 15) is 19.3 Å². The van der Waals surface area contributed by atoms with Crippen molar-refractivity contribution in [2.24, 2.45) is 0 Å². The molecular weight excluding hydrogens is 281 g/mol. The number of carboxylic acid groups (broad SMARTS) is 1. The average molecular weight is 291 g/mol. The van der Waals surface area contributed by atoms with Gasteiger partial charge in [-0.15, -0.1) is 0 Å². The van der Waals surface area contributed by atoms with E-state index in [1.54, 1.807) is 6.92 Å². The summed E-state index contributed by atoms with van der Waals surface area (Å²) in [5, 5.41) is 19.8. The summed E-state index contributed by atoms with van der Waals surface area (Å²) in [6.45, 7) is 1.55. The molecule has 0 aliphatic carbocycles. The van der Waals surface area contributed by atoms with Crippen molar-refractivity contribution in [2.45, 2.75) is 6.92 Å². The van der Waals surface area contributed by atoms with E-state index in [-0.39, 0.29) is 11.3 Å². The minimum Gasteiger partial charge on any atom is -0.478 e. The van der Waals surface area contributed by atoms with Crippen molar-refractivity contribution < 1.29 is 24.0 Å². The highest BCUT2D eigenvalue weighted by molar-refractivity contribution is 5.89. The fourth-order valence-corrected chi connectivity index (χ4v) is 1.80. The molecule has 0 saturated carbocycles. The van der Waals surface area contributed by atoms with Crippen LogP contribution in [0.1, 0.15) is 15.9 Å². The van der Waals surface area contributed by atoms with Gasteiger partial charge in [-0.25, -0.2) is 9.18 Å². The lowest BCUT2D eigenvalue weighted by Gasteiger charge is -2.09. The third-order valence-corrected chi connectivity index (χ3v) is 2.79. The second-order valence-corrected chi connectivity index (χ2v) is 4.23. The standard InChI is InChI=1S/C14H10FNO5/c1-8-7-9(5-6-10(8)14(17)18)21-13-11(15)3-2-4-12(13)16(19)20/h2-7H,1H3,(H,17,18). The van der Waals surface area contributed by atoms with E-state index < -0.39 is 28.1 Å². The Labute approximate surface area is 118 Å². The monoisotopic (exact) mass is 291 g/mol. The Kier molecular flexibility index (Phi) is 3.84. The Bertz CT molecular complexity index is 729. The summed E-state index contributed by atoms with van der Waals surface area (Å²) in [5.41, 5.74) is -0.0284. The highest BCUT2D eigenvalue weighted by Gasteiger charge is 2.20. The maximum atomic E-state index is 13.7. The number of ether oxygens (including phenoxy) is 1. The molecule has 0 heterocycles. The number of benzene rings is 2. The van der Waals surface area contributed by atoms with Gasteiger partial charge in [-0.05, 0) is 36.8 Å². The van der Waals surface area contributed by atoms with Crippen LogP contribution >= 0.6 is 0 Å². The molecule has 2 aromatic carbocycles. The minimum atomic E-state index is -1.10. The summed E-state index contributed by atoms with van der Waals surface area (Å²) in [6.07, 6.45) is 0. The van der Waals surface area contributed by atoms with Crippen molar-refractivity contribution in [1.82, 2.24) is 0 Å². The number of halogens is 1. The molecule has 0 aliphatic heterocycles. The lowest BCUT2D eigenvalue weighted by Crippen LogP contribution is -2.00. The van der Waals surface area contributed by atoms with Crippen LogP contribution < -0.4 is 4.74 Å². The van der Waals surface area contributed by atoms with E-state index in [2.05, 4.69) is 0 Å². The molecule has 21 heavy (non-hydrogen) atoms. The zero-order valence-electron chi connectivity index (χ0n) is 10.9. The van der Waals surface area contributed by atoms with Crippen LogP contribution in [0, 0.1) is 22.9 Å². The van der Waals surface area contributed by atoms with Gasteiger partial charge in [0.15, 0.2) is 5.82 Å². The predicted molar refractivity (Wildman–Crippen MR) is 71.3 cm³/mol. The predicted octanol–water partition coefficient (Wildman–Crippen LogP) is 3.53. The van der Waals surface area contributed by atoms with Gasteiger partial charge in [-0.2, -0.15) is 0 Å². The van der Waals surface area contributed by atoms with Crippen molar-refractivity contribution in [3.63, 3.8) is 0 Å². The normalized spacial score (nSPS) is 10.2. The van der Waals surface area contributed by atoms with E-state index >= 15 is 0 Å².